The van der Waals surface area contributed by atoms with E-state index in [4.69, 9.17) is 26.2 Å². The van der Waals surface area contributed by atoms with E-state index < -0.39 is 5.97 Å². The highest BCUT2D eigenvalue weighted by atomic mass is 79.9. The first-order valence-corrected chi connectivity index (χ1v) is 13.7. The highest BCUT2D eigenvalue weighted by molar-refractivity contribution is 9.10. The number of aromatic carboxylic acids is 1. The second kappa shape index (κ2) is 12.5. The Hall–Kier alpha value is -3.27. The first-order valence-electron chi connectivity index (χ1n) is 11.8. The number of likely N-dealkylation sites (N-methyl/N-ethyl adjacent to an activating group) is 1. The molecule has 1 heterocycles. The van der Waals surface area contributed by atoms with E-state index in [0.29, 0.717) is 56.5 Å². The molecule has 7 nitrogen and oxygen atoms in total. The van der Waals surface area contributed by atoms with Gasteiger partial charge in [-0.1, -0.05) is 23.7 Å². The van der Waals surface area contributed by atoms with E-state index >= 15 is 0 Å². The number of amides is 1. The van der Waals surface area contributed by atoms with Gasteiger partial charge in [0.05, 0.1) is 27.2 Å². The van der Waals surface area contributed by atoms with Gasteiger partial charge in [-0.25, -0.2) is 9.79 Å². The Labute approximate surface area is 238 Å². The molecule has 0 radical (unpaired) electrons. The molecule has 1 amide bonds. The van der Waals surface area contributed by atoms with Crippen molar-refractivity contribution in [3.05, 3.63) is 91.8 Å². The van der Waals surface area contributed by atoms with E-state index in [2.05, 4.69) is 20.9 Å². The monoisotopic (exact) mass is 614 g/mol. The van der Waals surface area contributed by atoms with Gasteiger partial charge < -0.3 is 14.6 Å². The van der Waals surface area contributed by atoms with Gasteiger partial charge in [-0.05, 0) is 107 Å². The number of hydrogen-bond donors (Lipinski definition) is 1. The summed E-state index contributed by atoms with van der Waals surface area (Å²) in [6.07, 6.45) is 1.79. The van der Waals surface area contributed by atoms with Crippen LogP contribution >= 0.6 is 39.3 Å². The number of aliphatic imine (C=N–C) groups is 1. The van der Waals surface area contributed by atoms with Gasteiger partial charge in [0.2, 0.25) is 0 Å². The molecule has 196 valence electrons. The molecule has 1 aliphatic heterocycles. The van der Waals surface area contributed by atoms with Crippen molar-refractivity contribution in [2.75, 3.05) is 13.2 Å². The van der Waals surface area contributed by atoms with Gasteiger partial charge in [0.25, 0.3) is 5.91 Å². The highest BCUT2D eigenvalue weighted by Crippen LogP contribution is 2.40. The van der Waals surface area contributed by atoms with Crippen molar-refractivity contribution in [3.8, 4) is 11.5 Å². The van der Waals surface area contributed by atoms with E-state index in [1.165, 1.54) is 23.9 Å². The Kier molecular flexibility index (Phi) is 9.14. The van der Waals surface area contributed by atoms with E-state index in [9.17, 15) is 9.59 Å². The Morgan fingerprint density at radius 2 is 1.82 bits per heavy atom. The first-order chi connectivity index (χ1) is 18.3. The Morgan fingerprint density at radius 3 is 2.45 bits per heavy atom. The molecule has 0 saturated carbocycles. The Bertz CT molecular complexity index is 1410. The van der Waals surface area contributed by atoms with Crippen LogP contribution in [0.3, 0.4) is 0 Å². The maximum absolute atomic E-state index is 13.1. The topological polar surface area (TPSA) is 88.4 Å². The average molecular weight is 616 g/mol. The molecule has 38 heavy (non-hydrogen) atoms. The largest absolute Gasteiger partial charge is 0.490 e. The van der Waals surface area contributed by atoms with Gasteiger partial charge in [0.1, 0.15) is 6.61 Å². The number of halogens is 2. The Morgan fingerprint density at radius 1 is 1.11 bits per heavy atom. The summed E-state index contributed by atoms with van der Waals surface area (Å²) in [6, 6.07) is 17.3. The molecule has 0 unspecified atom stereocenters. The standard InChI is InChI=1S/C28H24BrClN2O5S/c1-3-32-26(33)24(38-28(32)31-21-11-7-19(8-12-21)27(34)35)15-18-13-22(29)25(23(14-18)36-4-2)37-16-17-5-9-20(30)10-6-17/h5-15H,3-4,16H2,1-2H3,(H,34,35). The van der Waals surface area contributed by atoms with Crippen molar-refractivity contribution < 1.29 is 24.2 Å². The SMILES string of the molecule is CCOc1cc(C=C2SC(=Nc3ccc(C(=O)O)cc3)N(CC)C2=O)cc(Br)c1OCc1ccc(Cl)cc1. The van der Waals surface area contributed by atoms with Crippen LogP contribution in [0.25, 0.3) is 6.08 Å². The minimum absolute atomic E-state index is 0.157. The van der Waals surface area contributed by atoms with Crippen molar-refractivity contribution in [1.29, 1.82) is 0 Å². The van der Waals surface area contributed by atoms with Gasteiger partial charge in [0, 0.05) is 11.6 Å². The number of carbonyl (C=O) groups is 2. The number of carbonyl (C=O) groups excluding carboxylic acids is 1. The number of ether oxygens (including phenoxy) is 2. The minimum Gasteiger partial charge on any atom is -0.490 e. The minimum atomic E-state index is -1.01. The first kappa shape index (κ1) is 27.8. The molecule has 3 aromatic rings. The predicted octanol–water partition coefficient (Wildman–Crippen LogP) is 7.40. The third-order valence-corrected chi connectivity index (χ3v) is 7.32. The van der Waals surface area contributed by atoms with Crippen molar-refractivity contribution in [1.82, 2.24) is 4.90 Å². The molecular weight excluding hydrogens is 592 g/mol. The summed E-state index contributed by atoms with van der Waals surface area (Å²) >= 11 is 10.8. The predicted molar refractivity (Wildman–Crippen MR) is 155 cm³/mol. The van der Waals surface area contributed by atoms with Crippen LogP contribution in [0.2, 0.25) is 5.02 Å². The molecule has 10 heteroatoms. The average Bonchev–Trinajstić information content (AvgIpc) is 3.18. The van der Waals surface area contributed by atoms with Crippen LogP contribution in [0.15, 0.2) is 75.0 Å². The number of hydrogen-bond acceptors (Lipinski definition) is 6. The molecule has 0 spiro atoms. The fourth-order valence-electron chi connectivity index (χ4n) is 3.62. The number of carboxylic acid groups (broad SMARTS) is 1. The van der Waals surface area contributed by atoms with Gasteiger partial charge in [-0.3, -0.25) is 9.69 Å². The summed E-state index contributed by atoms with van der Waals surface area (Å²) in [7, 11) is 0. The molecule has 0 atom stereocenters. The second-order valence-corrected chi connectivity index (χ2v) is 10.4. The molecule has 0 aromatic heterocycles. The molecular formula is C28H24BrClN2O5S. The summed E-state index contributed by atoms with van der Waals surface area (Å²) in [5.74, 6) is -0.0425. The summed E-state index contributed by atoms with van der Waals surface area (Å²) in [4.78, 5) is 30.9. The van der Waals surface area contributed by atoms with Crippen LogP contribution < -0.4 is 9.47 Å². The lowest BCUT2D eigenvalue weighted by Crippen LogP contribution is -2.28. The van der Waals surface area contributed by atoms with Crippen LogP contribution in [0.1, 0.15) is 35.3 Å². The van der Waals surface area contributed by atoms with E-state index in [1.807, 2.05) is 50.2 Å². The van der Waals surface area contributed by atoms with Crippen LogP contribution in [0.4, 0.5) is 5.69 Å². The number of benzene rings is 3. The fourth-order valence-corrected chi connectivity index (χ4v) is 5.38. The molecule has 1 N–H and O–H groups in total. The van der Waals surface area contributed by atoms with Gasteiger partial charge in [-0.15, -0.1) is 0 Å². The zero-order valence-electron chi connectivity index (χ0n) is 20.6. The molecule has 1 saturated heterocycles. The van der Waals surface area contributed by atoms with Crippen LogP contribution in [0.5, 0.6) is 11.5 Å². The Balaban J connectivity index is 1.59. The number of carboxylic acids is 1. The molecule has 0 bridgehead atoms. The number of thioether (sulfide) groups is 1. The number of amidine groups is 1. The van der Waals surface area contributed by atoms with Crippen LogP contribution in [-0.4, -0.2) is 40.2 Å². The van der Waals surface area contributed by atoms with E-state index in [0.717, 1.165) is 11.1 Å². The molecule has 1 aliphatic rings. The normalized spacial score (nSPS) is 15.4. The number of rotatable bonds is 9. The van der Waals surface area contributed by atoms with Gasteiger partial charge in [-0.2, -0.15) is 0 Å². The second-order valence-electron chi connectivity index (χ2n) is 8.08. The smallest absolute Gasteiger partial charge is 0.335 e. The van der Waals surface area contributed by atoms with Crippen LogP contribution in [0, 0.1) is 0 Å². The van der Waals surface area contributed by atoms with Crippen LogP contribution in [-0.2, 0) is 11.4 Å². The highest BCUT2D eigenvalue weighted by Gasteiger charge is 2.32. The zero-order valence-corrected chi connectivity index (χ0v) is 23.8. The van der Waals surface area contributed by atoms with Crippen molar-refractivity contribution >= 4 is 68.1 Å². The lowest BCUT2D eigenvalue weighted by atomic mass is 10.1. The maximum atomic E-state index is 13.1. The van der Waals surface area contributed by atoms with Crippen molar-refractivity contribution in [2.24, 2.45) is 4.99 Å². The molecule has 1 fully saturated rings. The zero-order chi connectivity index (χ0) is 27.2. The van der Waals surface area contributed by atoms with Crippen molar-refractivity contribution in [2.45, 2.75) is 20.5 Å². The molecule has 0 aliphatic carbocycles. The van der Waals surface area contributed by atoms with Gasteiger partial charge >= 0.3 is 5.97 Å². The van der Waals surface area contributed by atoms with Crippen molar-refractivity contribution in [3.63, 3.8) is 0 Å². The fraction of sp³-hybridized carbons (Fsp3) is 0.179. The summed E-state index contributed by atoms with van der Waals surface area (Å²) in [5.41, 5.74) is 2.46. The quantitative estimate of drug-likeness (QED) is 0.252. The summed E-state index contributed by atoms with van der Waals surface area (Å²) in [5, 5.41) is 10.3. The lowest BCUT2D eigenvalue weighted by molar-refractivity contribution is -0.122. The molecule has 3 aromatic carbocycles. The lowest BCUT2D eigenvalue weighted by Gasteiger charge is -2.15. The third-order valence-electron chi connectivity index (χ3n) is 5.47. The van der Waals surface area contributed by atoms with Gasteiger partial charge in [0.15, 0.2) is 16.7 Å². The third kappa shape index (κ3) is 6.59. The van der Waals surface area contributed by atoms with E-state index in [-0.39, 0.29) is 11.5 Å². The van der Waals surface area contributed by atoms with E-state index in [1.54, 1.807) is 23.1 Å². The maximum Gasteiger partial charge on any atom is 0.335 e. The number of nitrogens with zero attached hydrogens (tertiary/aromatic N) is 2. The summed E-state index contributed by atoms with van der Waals surface area (Å²) in [6.45, 7) is 4.99. The summed E-state index contributed by atoms with van der Waals surface area (Å²) < 4.78 is 12.6. The molecule has 4 rings (SSSR count).